The first kappa shape index (κ1) is 31.5. The van der Waals surface area contributed by atoms with Crippen molar-refractivity contribution in [2.75, 3.05) is 13.2 Å². The van der Waals surface area contributed by atoms with Crippen LogP contribution >= 0.6 is 0 Å². The molecule has 2 heterocycles. The van der Waals surface area contributed by atoms with Gasteiger partial charge >= 0.3 is 5.69 Å². The number of aromatic amines is 1. The lowest BCUT2D eigenvalue weighted by Gasteiger charge is -2.09. The van der Waals surface area contributed by atoms with Crippen LogP contribution in [-0.2, 0) is 0 Å². The second-order valence-corrected chi connectivity index (χ2v) is 10.7. The summed E-state index contributed by atoms with van der Waals surface area (Å²) in [5, 5.41) is 2.99. The van der Waals surface area contributed by atoms with E-state index in [2.05, 4.69) is 27.2 Å². The van der Waals surface area contributed by atoms with E-state index < -0.39 is 11.6 Å². The molecule has 0 spiro atoms. The molecule has 0 atom stereocenters. The summed E-state index contributed by atoms with van der Waals surface area (Å²) < 4.78 is 6.83. The number of nitrogens with zero attached hydrogens (tertiary/aromatic N) is 3. The molecule has 0 bridgehead atoms. The van der Waals surface area contributed by atoms with E-state index in [-0.39, 0.29) is 28.6 Å². The van der Waals surface area contributed by atoms with Crippen molar-refractivity contribution in [2.45, 2.75) is 78.1 Å². The lowest BCUT2D eigenvalue weighted by Crippen LogP contribution is -2.25. The first-order valence-corrected chi connectivity index (χ1v) is 15.4. The van der Waals surface area contributed by atoms with E-state index in [0.29, 0.717) is 35.7 Å². The highest BCUT2D eigenvalue weighted by molar-refractivity contribution is 6.02. The van der Waals surface area contributed by atoms with Crippen LogP contribution in [0.2, 0.25) is 0 Å². The van der Waals surface area contributed by atoms with Gasteiger partial charge in [0.2, 0.25) is 0 Å². The molecule has 0 saturated carbocycles. The molecule has 228 valence electrons. The highest BCUT2D eigenvalue weighted by atomic mass is 16.5. The van der Waals surface area contributed by atoms with Crippen LogP contribution in [0.3, 0.4) is 0 Å². The third-order valence-electron chi connectivity index (χ3n) is 7.38. The van der Waals surface area contributed by atoms with Crippen molar-refractivity contribution in [2.24, 2.45) is 5.73 Å². The highest BCUT2D eigenvalue weighted by Gasteiger charge is 2.21. The average Bonchev–Trinajstić information content (AvgIpc) is 3.35. The van der Waals surface area contributed by atoms with Crippen molar-refractivity contribution >= 4 is 23.0 Å². The Kier molecular flexibility index (Phi) is 11.5. The van der Waals surface area contributed by atoms with Gasteiger partial charge in [0.15, 0.2) is 17.2 Å². The molecule has 0 radical (unpaired) electrons. The van der Waals surface area contributed by atoms with Gasteiger partial charge in [0.25, 0.3) is 11.8 Å². The van der Waals surface area contributed by atoms with Crippen LogP contribution in [0.15, 0.2) is 53.3 Å². The van der Waals surface area contributed by atoms with Crippen molar-refractivity contribution in [1.29, 1.82) is 0 Å². The summed E-state index contributed by atoms with van der Waals surface area (Å²) in [4.78, 5) is 50.0. The van der Waals surface area contributed by atoms with Gasteiger partial charge in [-0.3, -0.25) is 9.59 Å². The molecule has 4 N–H and O–H groups in total. The monoisotopic (exact) mass is 586 g/mol. The smallest absolute Gasteiger partial charge is 0.332 e. The zero-order valence-corrected chi connectivity index (χ0v) is 25.2. The Hall–Kier alpha value is -4.47. The molecule has 2 aromatic heterocycles. The number of nitrogens with two attached hydrogens (primary N) is 1. The normalized spacial score (nSPS) is 11.1. The Morgan fingerprint density at radius 1 is 0.907 bits per heavy atom. The molecule has 0 aliphatic carbocycles. The Morgan fingerprint density at radius 2 is 1.58 bits per heavy atom. The topological polar surface area (TPSA) is 145 Å². The van der Waals surface area contributed by atoms with Gasteiger partial charge in [-0.05, 0) is 55.8 Å². The summed E-state index contributed by atoms with van der Waals surface area (Å²) in [6.45, 7) is 5.25. The number of fused-ring (bicyclic) bond motifs is 1. The van der Waals surface area contributed by atoms with Gasteiger partial charge in [0.1, 0.15) is 11.3 Å². The van der Waals surface area contributed by atoms with Gasteiger partial charge in [-0.25, -0.2) is 19.3 Å². The third-order valence-corrected chi connectivity index (χ3v) is 7.38. The number of amides is 2. The average molecular weight is 587 g/mol. The van der Waals surface area contributed by atoms with Crippen molar-refractivity contribution in [3.63, 3.8) is 0 Å². The largest absolute Gasteiger partial charge is 0.494 e. The molecule has 43 heavy (non-hydrogen) atoms. The molecule has 4 aromatic rings. The molecule has 4 rings (SSSR count). The maximum absolute atomic E-state index is 13.1. The van der Waals surface area contributed by atoms with Crippen molar-refractivity contribution in [3.8, 4) is 22.8 Å². The molecular weight excluding hydrogens is 544 g/mol. The number of imidazole rings is 1. The van der Waals surface area contributed by atoms with E-state index in [9.17, 15) is 14.4 Å². The summed E-state index contributed by atoms with van der Waals surface area (Å²) >= 11 is 0. The van der Waals surface area contributed by atoms with E-state index in [4.69, 9.17) is 10.5 Å². The Morgan fingerprint density at radius 3 is 2.23 bits per heavy atom. The lowest BCUT2D eigenvalue weighted by atomic mass is 10.1. The fraction of sp³-hybridized carbons (Fsp3) is 0.424. The van der Waals surface area contributed by atoms with E-state index >= 15 is 0 Å². The third kappa shape index (κ3) is 8.30. The number of ether oxygens (including phenoxy) is 1. The van der Waals surface area contributed by atoms with E-state index in [0.717, 1.165) is 12.8 Å². The summed E-state index contributed by atoms with van der Waals surface area (Å²) in [6, 6.07) is 13.8. The maximum Gasteiger partial charge on any atom is 0.332 e. The minimum absolute atomic E-state index is 0.102. The molecule has 0 unspecified atom stereocenters. The number of nitrogens with one attached hydrogen (secondary N) is 2. The van der Waals surface area contributed by atoms with Crippen LogP contribution in [0.4, 0.5) is 0 Å². The lowest BCUT2D eigenvalue weighted by molar-refractivity contribution is 0.0951. The van der Waals surface area contributed by atoms with E-state index in [1.807, 2.05) is 6.92 Å². The fourth-order valence-corrected chi connectivity index (χ4v) is 5.10. The fourth-order valence-electron chi connectivity index (χ4n) is 5.10. The zero-order chi connectivity index (χ0) is 30.6. The Bertz CT molecular complexity index is 1570. The van der Waals surface area contributed by atoms with Crippen LogP contribution in [0.1, 0.15) is 98.9 Å². The number of carbonyl (C=O) groups is 2. The minimum Gasteiger partial charge on any atom is -0.494 e. The SMILES string of the molecule is CCCCCCCCCCCCNC(=O)c1cccc(-n2c(=O)[nH]c3c(C(N)=O)nc(-c4ccc(OCC)cc4)nc32)c1. The zero-order valence-electron chi connectivity index (χ0n) is 25.2. The first-order valence-electron chi connectivity index (χ1n) is 15.4. The standard InChI is InChI=1S/C33H42N6O4/c1-3-5-6-7-8-9-10-11-12-13-21-35-32(41)24-15-14-16-25(22-24)39-31-28(37-33(39)42)27(29(34)40)36-30(38-31)23-17-19-26(20-18-23)43-4-2/h14-20,22H,3-13,21H2,1-2H3,(H2,34,40)(H,35,41)(H,37,42). The highest BCUT2D eigenvalue weighted by Crippen LogP contribution is 2.24. The van der Waals surface area contributed by atoms with Gasteiger partial charge in [-0.15, -0.1) is 0 Å². The number of H-pyrrole nitrogens is 1. The van der Waals surface area contributed by atoms with Crippen LogP contribution < -0.4 is 21.5 Å². The minimum atomic E-state index is -0.798. The summed E-state index contributed by atoms with van der Waals surface area (Å²) in [7, 11) is 0. The quantitative estimate of drug-likeness (QED) is 0.131. The van der Waals surface area contributed by atoms with Gasteiger partial charge in [0.05, 0.1) is 12.3 Å². The molecule has 0 aliphatic heterocycles. The molecule has 10 heteroatoms. The van der Waals surface area contributed by atoms with Gasteiger partial charge < -0.3 is 20.8 Å². The van der Waals surface area contributed by atoms with Crippen molar-refractivity contribution < 1.29 is 14.3 Å². The second-order valence-electron chi connectivity index (χ2n) is 10.7. The Balaban J connectivity index is 1.46. The van der Waals surface area contributed by atoms with E-state index in [1.54, 1.807) is 48.5 Å². The molecule has 10 nitrogen and oxygen atoms in total. The van der Waals surface area contributed by atoms with Crippen LogP contribution in [-0.4, -0.2) is 44.5 Å². The summed E-state index contributed by atoms with van der Waals surface area (Å²) in [5.41, 5.74) is 6.77. The van der Waals surface area contributed by atoms with Crippen LogP contribution in [0.25, 0.3) is 28.2 Å². The Labute approximate surface area is 252 Å². The molecular formula is C33H42N6O4. The molecule has 2 aromatic carbocycles. The first-order chi connectivity index (χ1) is 20.9. The predicted molar refractivity (Wildman–Crippen MR) is 169 cm³/mol. The number of primary amides is 1. The maximum atomic E-state index is 13.1. The number of hydrogen-bond donors (Lipinski definition) is 3. The van der Waals surface area contributed by atoms with E-state index in [1.165, 1.54) is 55.9 Å². The number of aromatic nitrogens is 4. The summed E-state index contributed by atoms with van der Waals surface area (Å²) in [5.74, 6) is -0.104. The van der Waals surface area contributed by atoms with Crippen LogP contribution in [0, 0.1) is 0 Å². The number of unbranched alkanes of at least 4 members (excludes halogenated alkanes) is 9. The van der Waals surface area contributed by atoms with Crippen molar-refractivity contribution in [1.82, 2.24) is 24.8 Å². The number of rotatable bonds is 17. The number of carbonyl (C=O) groups excluding carboxylic acids is 2. The predicted octanol–water partition coefficient (Wildman–Crippen LogP) is 5.92. The van der Waals surface area contributed by atoms with Gasteiger partial charge in [-0.1, -0.05) is 70.8 Å². The molecule has 0 saturated heterocycles. The van der Waals surface area contributed by atoms with Gasteiger partial charge in [-0.2, -0.15) is 0 Å². The summed E-state index contributed by atoms with van der Waals surface area (Å²) in [6.07, 6.45) is 12.3. The van der Waals surface area contributed by atoms with Crippen molar-refractivity contribution in [3.05, 3.63) is 70.3 Å². The van der Waals surface area contributed by atoms with Gasteiger partial charge in [0, 0.05) is 17.7 Å². The molecule has 0 fully saturated rings. The number of benzene rings is 2. The van der Waals surface area contributed by atoms with Crippen LogP contribution in [0.5, 0.6) is 5.75 Å². The number of hydrogen-bond acceptors (Lipinski definition) is 6. The molecule has 0 aliphatic rings. The molecule has 2 amide bonds. The second kappa shape index (κ2) is 15.7.